The first-order chi connectivity index (χ1) is 32.9. The van der Waals surface area contributed by atoms with Crippen LogP contribution in [-0.2, 0) is 5.41 Å². The number of nitrogens with zero attached hydrogens (tertiary/aromatic N) is 1. The molecular weight excluding hydrogens is 807 g/mol. The summed E-state index contributed by atoms with van der Waals surface area (Å²) in [7, 11) is 0. The molecule has 1 nitrogen and oxygen atoms in total. The fourth-order valence-electron chi connectivity index (χ4n) is 10.3. The number of hydrogen-bond acceptors (Lipinski definition) is 0. The second kappa shape index (κ2) is 16.3. The van der Waals surface area contributed by atoms with E-state index in [1.165, 1.54) is 121 Å². The monoisotopic (exact) mass is 855 g/mol. The van der Waals surface area contributed by atoms with E-state index in [4.69, 9.17) is 0 Å². The number of benzene rings is 11. The molecule has 0 aliphatic carbocycles. The van der Waals surface area contributed by atoms with Crippen molar-refractivity contribution < 1.29 is 0 Å². The van der Waals surface area contributed by atoms with Gasteiger partial charge in [0.25, 0.3) is 0 Å². The smallest absolute Gasteiger partial charge is 0.0541 e. The van der Waals surface area contributed by atoms with Crippen LogP contribution in [0.4, 0.5) is 0 Å². The number of para-hydroxylation sites is 1. The van der Waals surface area contributed by atoms with Crippen LogP contribution in [0.1, 0.15) is 26.3 Å². The summed E-state index contributed by atoms with van der Waals surface area (Å²) in [5, 5.41) is 7.56. The van der Waals surface area contributed by atoms with Crippen molar-refractivity contribution in [3.8, 4) is 72.4 Å². The summed E-state index contributed by atoms with van der Waals surface area (Å²) < 4.78 is 2.40. The maximum atomic E-state index is 2.40. The molecule has 12 rings (SSSR count). The summed E-state index contributed by atoms with van der Waals surface area (Å²) in [5.41, 5.74) is 19.8. The van der Waals surface area contributed by atoms with Crippen LogP contribution in [0, 0.1) is 0 Å². The summed E-state index contributed by atoms with van der Waals surface area (Å²) in [4.78, 5) is 0. The van der Waals surface area contributed by atoms with E-state index in [9.17, 15) is 0 Å². The fraction of sp³-hybridized carbons (Fsp3) is 0.0606. The SMILES string of the molecule is CC(C)(C)c1ccc(-n2c3ccccc3c3cc(-c4ccc(-c5ccc(-c6c7ccccc7c(-c7ccc(-c8ccc(-c9ccccc9)cc8)cc7)c7ccccc67)cc5)cc4)ccc32)cc1. The van der Waals surface area contributed by atoms with Crippen molar-refractivity contribution in [2.45, 2.75) is 26.2 Å². The van der Waals surface area contributed by atoms with Gasteiger partial charge in [-0.05, 0) is 130 Å². The molecule has 1 heteroatoms. The summed E-state index contributed by atoms with van der Waals surface area (Å²) in [6, 6.07) is 89.4. The van der Waals surface area contributed by atoms with Gasteiger partial charge in [-0.15, -0.1) is 0 Å². The minimum Gasteiger partial charge on any atom is -0.309 e. The molecule has 0 aliphatic heterocycles. The molecule has 318 valence electrons. The van der Waals surface area contributed by atoms with Crippen LogP contribution in [0.25, 0.3) is 116 Å². The van der Waals surface area contributed by atoms with E-state index in [0.29, 0.717) is 0 Å². The minimum absolute atomic E-state index is 0.111. The van der Waals surface area contributed by atoms with E-state index in [1.54, 1.807) is 0 Å². The molecule has 0 radical (unpaired) electrons. The van der Waals surface area contributed by atoms with Crippen LogP contribution >= 0.6 is 0 Å². The maximum Gasteiger partial charge on any atom is 0.0541 e. The number of aromatic nitrogens is 1. The van der Waals surface area contributed by atoms with Gasteiger partial charge in [-0.25, -0.2) is 0 Å². The van der Waals surface area contributed by atoms with E-state index in [2.05, 4.69) is 268 Å². The molecule has 0 spiro atoms. The lowest BCUT2D eigenvalue weighted by Crippen LogP contribution is -2.10. The van der Waals surface area contributed by atoms with Crippen LogP contribution in [0.5, 0.6) is 0 Å². The van der Waals surface area contributed by atoms with Crippen LogP contribution < -0.4 is 0 Å². The van der Waals surface area contributed by atoms with Gasteiger partial charge in [0.1, 0.15) is 0 Å². The lowest BCUT2D eigenvalue weighted by Gasteiger charge is -2.19. The standard InChI is InChI=1S/C66H49N/c1-66(2,3)54-38-40-55(41-39-54)67-62-20-12-11-15-56(62)61-43-53(37-42-63(61)67)50-27-25-47(26-28-50)49-31-35-52(36-32-49)65-59-18-9-7-16-57(59)64(58-17-8-10-19-60(58)65)51-33-29-48(30-34-51)46-23-21-45(22-24-46)44-13-5-4-6-14-44/h4-43H,1-3H3. The molecule has 0 saturated carbocycles. The topological polar surface area (TPSA) is 4.93 Å². The number of hydrogen-bond donors (Lipinski definition) is 0. The largest absolute Gasteiger partial charge is 0.309 e. The first kappa shape index (κ1) is 40.3. The van der Waals surface area contributed by atoms with E-state index in [1.807, 2.05) is 0 Å². The average molecular weight is 856 g/mol. The van der Waals surface area contributed by atoms with E-state index in [0.717, 1.165) is 0 Å². The molecule has 0 bridgehead atoms. The molecular formula is C66H49N. The Hall–Kier alpha value is -8.26. The Kier molecular flexibility index (Phi) is 9.81. The highest BCUT2D eigenvalue weighted by Gasteiger charge is 2.19. The molecule has 11 aromatic carbocycles. The zero-order valence-corrected chi connectivity index (χ0v) is 38.0. The first-order valence-corrected chi connectivity index (χ1v) is 23.4. The van der Waals surface area contributed by atoms with Crippen molar-refractivity contribution in [2.75, 3.05) is 0 Å². The van der Waals surface area contributed by atoms with Crippen molar-refractivity contribution in [1.82, 2.24) is 4.57 Å². The predicted molar refractivity (Wildman–Crippen MR) is 287 cm³/mol. The molecule has 0 amide bonds. The number of fused-ring (bicyclic) bond motifs is 5. The zero-order chi connectivity index (χ0) is 45.1. The van der Waals surface area contributed by atoms with Gasteiger partial charge >= 0.3 is 0 Å². The van der Waals surface area contributed by atoms with Crippen LogP contribution in [0.2, 0.25) is 0 Å². The number of rotatable bonds is 7. The highest BCUT2D eigenvalue weighted by molar-refractivity contribution is 6.21. The van der Waals surface area contributed by atoms with E-state index >= 15 is 0 Å². The van der Waals surface area contributed by atoms with Crippen LogP contribution in [0.3, 0.4) is 0 Å². The zero-order valence-electron chi connectivity index (χ0n) is 38.0. The van der Waals surface area contributed by atoms with Crippen LogP contribution in [0.15, 0.2) is 243 Å². The lowest BCUT2D eigenvalue weighted by molar-refractivity contribution is 0.590. The Bertz CT molecular complexity index is 3700. The summed E-state index contributed by atoms with van der Waals surface area (Å²) in [6.45, 7) is 6.80. The molecule has 67 heavy (non-hydrogen) atoms. The third kappa shape index (κ3) is 7.21. The quantitative estimate of drug-likeness (QED) is 0.141. The highest BCUT2D eigenvalue weighted by Crippen LogP contribution is 2.45. The Balaban J connectivity index is 0.846. The van der Waals surface area contributed by atoms with Gasteiger partial charge in [0.05, 0.1) is 11.0 Å². The molecule has 0 N–H and O–H groups in total. The van der Waals surface area contributed by atoms with Crippen molar-refractivity contribution >= 4 is 43.4 Å². The van der Waals surface area contributed by atoms with Gasteiger partial charge < -0.3 is 4.57 Å². The van der Waals surface area contributed by atoms with Crippen molar-refractivity contribution in [3.63, 3.8) is 0 Å². The van der Waals surface area contributed by atoms with Crippen molar-refractivity contribution in [2.24, 2.45) is 0 Å². The normalized spacial score (nSPS) is 11.8. The van der Waals surface area contributed by atoms with Gasteiger partial charge in [0, 0.05) is 16.5 Å². The lowest BCUT2D eigenvalue weighted by atomic mass is 9.85. The second-order valence-corrected chi connectivity index (χ2v) is 18.9. The van der Waals surface area contributed by atoms with Crippen LogP contribution in [-0.4, -0.2) is 4.57 Å². The Morgan fingerprint density at radius 3 is 1.01 bits per heavy atom. The third-order valence-corrected chi connectivity index (χ3v) is 13.8. The molecule has 0 fully saturated rings. The molecule has 0 atom stereocenters. The van der Waals surface area contributed by atoms with E-state index in [-0.39, 0.29) is 5.41 Å². The van der Waals surface area contributed by atoms with Crippen molar-refractivity contribution in [3.05, 3.63) is 248 Å². The first-order valence-electron chi connectivity index (χ1n) is 23.4. The van der Waals surface area contributed by atoms with Gasteiger partial charge in [-0.1, -0.05) is 233 Å². The predicted octanol–water partition coefficient (Wildman–Crippen LogP) is 18.4. The van der Waals surface area contributed by atoms with Gasteiger partial charge in [-0.3, -0.25) is 0 Å². The Morgan fingerprint density at radius 1 is 0.254 bits per heavy atom. The average Bonchev–Trinajstić information content (AvgIpc) is 3.72. The molecule has 0 saturated heterocycles. The third-order valence-electron chi connectivity index (χ3n) is 13.8. The van der Waals surface area contributed by atoms with Gasteiger partial charge in [-0.2, -0.15) is 0 Å². The fourth-order valence-corrected chi connectivity index (χ4v) is 10.3. The Morgan fingerprint density at radius 2 is 0.582 bits per heavy atom. The highest BCUT2D eigenvalue weighted by atomic mass is 15.0. The van der Waals surface area contributed by atoms with Gasteiger partial charge in [0.2, 0.25) is 0 Å². The molecule has 1 aromatic heterocycles. The van der Waals surface area contributed by atoms with Crippen molar-refractivity contribution in [1.29, 1.82) is 0 Å². The molecule has 12 aromatic rings. The summed E-state index contributed by atoms with van der Waals surface area (Å²) in [5.74, 6) is 0. The second-order valence-electron chi connectivity index (χ2n) is 18.9. The maximum absolute atomic E-state index is 2.40. The minimum atomic E-state index is 0.111. The molecule has 1 heterocycles. The molecule has 0 unspecified atom stereocenters. The Labute approximate surface area is 392 Å². The van der Waals surface area contributed by atoms with Gasteiger partial charge in [0.15, 0.2) is 0 Å². The molecule has 0 aliphatic rings. The van der Waals surface area contributed by atoms with E-state index < -0.39 is 0 Å². The summed E-state index contributed by atoms with van der Waals surface area (Å²) >= 11 is 0. The summed E-state index contributed by atoms with van der Waals surface area (Å²) in [6.07, 6.45) is 0.